The van der Waals surface area contributed by atoms with Crippen LogP contribution in [0.3, 0.4) is 0 Å². The van der Waals surface area contributed by atoms with Gasteiger partial charge in [-0.2, -0.15) is 0 Å². The van der Waals surface area contributed by atoms with E-state index >= 15 is 0 Å². The smallest absolute Gasteiger partial charge is 0.0949 e. The van der Waals surface area contributed by atoms with Crippen LogP contribution in [0.2, 0.25) is 0 Å². The third-order valence-corrected chi connectivity index (χ3v) is 3.95. The summed E-state index contributed by atoms with van der Waals surface area (Å²) in [6.07, 6.45) is 5.66. The molecule has 1 aliphatic rings. The molecule has 0 saturated carbocycles. The van der Waals surface area contributed by atoms with Crippen molar-refractivity contribution in [2.24, 2.45) is 7.05 Å². The van der Waals surface area contributed by atoms with Gasteiger partial charge < -0.3 is 9.30 Å². The Morgan fingerprint density at radius 2 is 2.33 bits per heavy atom. The van der Waals surface area contributed by atoms with Crippen molar-refractivity contribution in [3.63, 3.8) is 0 Å². The summed E-state index contributed by atoms with van der Waals surface area (Å²) >= 11 is 0. The highest BCUT2D eigenvalue weighted by Gasteiger charge is 2.28. The minimum atomic E-state index is 0.387. The zero-order valence-electron chi connectivity index (χ0n) is 12.7. The van der Waals surface area contributed by atoms with Gasteiger partial charge in [0.15, 0.2) is 0 Å². The molecule has 21 heavy (non-hydrogen) atoms. The summed E-state index contributed by atoms with van der Waals surface area (Å²) in [5.74, 6) is 0.387. The minimum Gasteiger partial charge on any atom is -0.381 e. The Balaban J connectivity index is 1.77. The Kier molecular flexibility index (Phi) is 4.31. The van der Waals surface area contributed by atoms with Gasteiger partial charge in [-0.25, -0.2) is 4.98 Å². The number of ether oxygens (including phenoxy) is 1. The zero-order chi connectivity index (χ0) is 14.7. The van der Waals surface area contributed by atoms with Crippen LogP contribution < -0.4 is 0 Å². The van der Waals surface area contributed by atoms with E-state index in [-0.39, 0.29) is 0 Å². The van der Waals surface area contributed by atoms with Crippen LogP contribution in [-0.2, 0) is 24.9 Å². The number of rotatable bonds is 5. The first kappa shape index (κ1) is 14.2. The first-order valence-corrected chi connectivity index (χ1v) is 7.47. The number of fused-ring (bicyclic) bond motifs is 1. The van der Waals surface area contributed by atoms with Gasteiger partial charge in [0.1, 0.15) is 0 Å². The Labute approximate surface area is 125 Å². The summed E-state index contributed by atoms with van der Waals surface area (Å²) in [4.78, 5) is 11.2. The fourth-order valence-corrected chi connectivity index (χ4v) is 3.07. The van der Waals surface area contributed by atoms with Crippen LogP contribution in [0.1, 0.15) is 29.8 Å². The Morgan fingerprint density at radius 3 is 3.10 bits per heavy atom. The second kappa shape index (κ2) is 6.37. The second-order valence-corrected chi connectivity index (χ2v) is 5.57. The molecule has 0 N–H and O–H groups in total. The predicted molar refractivity (Wildman–Crippen MR) is 80.8 cm³/mol. The van der Waals surface area contributed by atoms with Gasteiger partial charge in [0.05, 0.1) is 18.6 Å². The molecule has 0 spiro atoms. The van der Waals surface area contributed by atoms with Crippen LogP contribution in [-0.4, -0.2) is 39.2 Å². The van der Waals surface area contributed by atoms with E-state index in [4.69, 9.17) is 4.74 Å². The molecule has 0 radical (unpaired) electrons. The maximum absolute atomic E-state index is 5.67. The summed E-state index contributed by atoms with van der Waals surface area (Å²) in [5.41, 5.74) is 3.75. The number of nitrogens with zero attached hydrogens (tertiary/aromatic N) is 4. The van der Waals surface area contributed by atoms with E-state index in [1.54, 1.807) is 0 Å². The lowest BCUT2D eigenvalue weighted by atomic mass is 9.98. The normalized spacial score (nSPS) is 18.7. The van der Waals surface area contributed by atoms with Gasteiger partial charge in [0.2, 0.25) is 0 Å². The molecule has 0 fully saturated rings. The first-order valence-electron chi connectivity index (χ1n) is 7.47. The lowest BCUT2D eigenvalue weighted by Gasteiger charge is -2.32. The molecule has 0 amide bonds. The highest BCUT2D eigenvalue weighted by molar-refractivity contribution is 5.22. The molecule has 1 unspecified atom stereocenters. The summed E-state index contributed by atoms with van der Waals surface area (Å²) in [6.45, 7) is 6.36. The number of pyridine rings is 1. The molecule has 1 atom stereocenters. The van der Waals surface area contributed by atoms with E-state index in [9.17, 15) is 0 Å². The van der Waals surface area contributed by atoms with Crippen molar-refractivity contribution < 1.29 is 4.74 Å². The Hall–Kier alpha value is -1.72. The van der Waals surface area contributed by atoms with Crippen LogP contribution in [0, 0.1) is 0 Å². The molecule has 0 bridgehead atoms. The fraction of sp³-hybridized carbons (Fsp3) is 0.500. The SMILES string of the molecule is CCOCC1CN(Cc2cccnc2)Cc2ncn(C)c21. The first-order chi connectivity index (χ1) is 10.3. The molecule has 3 heterocycles. The molecule has 112 valence electrons. The molecule has 0 saturated heterocycles. The van der Waals surface area contributed by atoms with Crippen molar-refractivity contribution in [1.29, 1.82) is 0 Å². The summed E-state index contributed by atoms with van der Waals surface area (Å²) in [5, 5.41) is 0. The number of imidazole rings is 1. The molecule has 0 aliphatic carbocycles. The van der Waals surface area contributed by atoms with Crippen molar-refractivity contribution in [2.75, 3.05) is 19.8 Å². The molecule has 3 rings (SSSR count). The molecule has 5 heteroatoms. The zero-order valence-corrected chi connectivity index (χ0v) is 12.7. The number of hydrogen-bond donors (Lipinski definition) is 0. The quantitative estimate of drug-likeness (QED) is 0.842. The topological polar surface area (TPSA) is 43.2 Å². The number of aryl methyl sites for hydroxylation is 1. The van der Waals surface area contributed by atoms with E-state index in [1.807, 2.05) is 31.7 Å². The van der Waals surface area contributed by atoms with Crippen LogP contribution >= 0.6 is 0 Å². The fourth-order valence-electron chi connectivity index (χ4n) is 3.07. The van der Waals surface area contributed by atoms with Gasteiger partial charge in [0, 0.05) is 57.3 Å². The molecule has 1 aliphatic heterocycles. The van der Waals surface area contributed by atoms with Crippen LogP contribution in [0.5, 0.6) is 0 Å². The Bertz CT molecular complexity index is 581. The maximum atomic E-state index is 5.67. The Morgan fingerprint density at radius 1 is 1.43 bits per heavy atom. The van der Waals surface area contributed by atoms with Gasteiger partial charge in [-0.1, -0.05) is 6.07 Å². The van der Waals surface area contributed by atoms with E-state index in [0.29, 0.717) is 5.92 Å². The van der Waals surface area contributed by atoms with Gasteiger partial charge >= 0.3 is 0 Å². The highest BCUT2D eigenvalue weighted by atomic mass is 16.5. The van der Waals surface area contributed by atoms with Gasteiger partial charge in [0.25, 0.3) is 0 Å². The predicted octanol–water partition coefficient (Wildman–Crippen LogP) is 1.95. The van der Waals surface area contributed by atoms with Gasteiger partial charge in [-0.05, 0) is 18.6 Å². The van der Waals surface area contributed by atoms with Crippen molar-refractivity contribution in [3.05, 3.63) is 47.8 Å². The average Bonchev–Trinajstić information content (AvgIpc) is 2.87. The lowest BCUT2D eigenvalue weighted by Crippen LogP contribution is -2.36. The summed E-state index contributed by atoms with van der Waals surface area (Å²) < 4.78 is 7.81. The third-order valence-electron chi connectivity index (χ3n) is 3.95. The van der Waals surface area contributed by atoms with Crippen molar-refractivity contribution in [1.82, 2.24) is 19.4 Å². The van der Waals surface area contributed by atoms with Gasteiger partial charge in [-0.15, -0.1) is 0 Å². The van der Waals surface area contributed by atoms with Crippen LogP contribution in [0.15, 0.2) is 30.9 Å². The summed E-state index contributed by atoms with van der Waals surface area (Å²) in [6, 6.07) is 4.11. The third kappa shape index (κ3) is 3.14. The number of aromatic nitrogens is 3. The molecular formula is C16H22N4O. The largest absolute Gasteiger partial charge is 0.381 e. The van der Waals surface area contributed by atoms with E-state index in [0.717, 1.165) is 32.8 Å². The monoisotopic (exact) mass is 286 g/mol. The molecule has 2 aromatic heterocycles. The second-order valence-electron chi connectivity index (χ2n) is 5.57. The van der Waals surface area contributed by atoms with Crippen LogP contribution in [0.25, 0.3) is 0 Å². The highest BCUT2D eigenvalue weighted by Crippen LogP contribution is 2.28. The standard InChI is InChI=1S/C16H22N4O/c1-3-21-11-14-9-20(8-13-5-4-6-17-7-13)10-15-16(14)19(2)12-18-15/h4-7,12,14H,3,8-11H2,1-2H3. The van der Waals surface area contributed by atoms with Crippen molar-refractivity contribution in [3.8, 4) is 0 Å². The maximum Gasteiger partial charge on any atom is 0.0949 e. The van der Waals surface area contributed by atoms with Crippen molar-refractivity contribution >= 4 is 0 Å². The number of hydrogen-bond acceptors (Lipinski definition) is 4. The average molecular weight is 286 g/mol. The van der Waals surface area contributed by atoms with E-state index in [1.165, 1.54) is 17.0 Å². The molecule has 2 aromatic rings. The molecule has 0 aromatic carbocycles. The van der Waals surface area contributed by atoms with E-state index < -0.39 is 0 Å². The molecule has 5 nitrogen and oxygen atoms in total. The van der Waals surface area contributed by atoms with Crippen molar-refractivity contribution in [2.45, 2.75) is 25.9 Å². The summed E-state index contributed by atoms with van der Waals surface area (Å²) in [7, 11) is 2.07. The minimum absolute atomic E-state index is 0.387. The van der Waals surface area contributed by atoms with Crippen LogP contribution in [0.4, 0.5) is 0 Å². The lowest BCUT2D eigenvalue weighted by molar-refractivity contribution is 0.102. The van der Waals surface area contributed by atoms with E-state index in [2.05, 4.69) is 32.5 Å². The molecular weight excluding hydrogens is 264 g/mol. The van der Waals surface area contributed by atoms with Gasteiger partial charge in [-0.3, -0.25) is 9.88 Å².